The van der Waals surface area contributed by atoms with E-state index in [0.29, 0.717) is 25.5 Å². The molecule has 0 fully saturated rings. The monoisotopic (exact) mass is 294 g/mol. The van der Waals surface area contributed by atoms with Gasteiger partial charge in [-0.1, -0.05) is 6.08 Å². The van der Waals surface area contributed by atoms with E-state index >= 15 is 0 Å². The van der Waals surface area contributed by atoms with Crippen LogP contribution in [0.2, 0.25) is 0 Å². The van der Waals surface area contributed by atoms with E-state index in [9.17, 15) is 9.59 Å². The van der Waals surface area contributed by atoms with Crippen LogP contribution in [0.5, 0.6) is 0 Å². The highest BCUT2D eigenvalue weighted by molar-refractivity contribution is 5.84. The van der Waals surface area contributed by atoms with Crippen molar-refractivity contribution in [3.63, 3.8) is 0 Å². The number of carboxylic acids is 1. The molecule has 0 spiro atoms. The van der Waals surface area contributed by atoms with Crippen LogP contribution < -0.4 is 5.32 Å². The van der Waals surface area contributed by atoms with E-state index in [0.717, 1.165) is 6.42 Å². The highest BCUT2D eigenvalue weighted by atomic mass is 16.5. The summed E-state index contributed by atoms with van der Waals surface area (Å²) in [5.74, 6) is -0.850. The Labute approximate surface area is 122 Å². The van der Waals surface area contributed by atoms with Crippen LogP contribution in [0.15, 0.2) is 28.2 Å². The average molecular weight is 294 g/mol. The molecule has 0 bridgehead atoms. The maximum absolute atomic E-state index is 12.0. The molecule has 0 atom stereocenters. The summed E-state index contributed by atoms with van der Waals surface area (Å²) >= 11 is 0. The molecule has 1 aromatic rings. The smallest absolute Gasteiger partial charge is 0.371 e. The first kappa shape index (κ1) is 15.1. The van der Waals surface area contributed by atoms with E-state index in [1.54, 1.807) is 12.0 Å². The van der Waals surface area contributed by atoms with Gasteiger partial charge in [0.15, 0.2) is 0 Å². The van der Waals surface area contributed by atoms with Gasteiger partial charge in [0.1, 0.15) is 5.76 Å². The fourth-order valence-electron chi connectivity index (χ4n) is 2.07. The molecule has 2 amide bonds. The number of carbonyl (C=O) groups excluding carboxylic acids is 1. The van der Waals surface area contributed by atoms with Crippen LogP contribution in [0, 0.1) is 0 Å². The maximum Gasteiger partial charge on any atom is 0.371 e. The zero-order chi connectivity index (χ0) is 15.2. The first-order valence-electron chi connectivity index (χ1n) is 6.61. The first-order valence-corrected chi connectivity index (χ1v) is 6.61. The van der Waals surface area contributed by atoms with Crippen molar-refractivity contribution in [3.8, 4) is 0 Å². The lowest BCUT2D eigenvalue weighted by molar-refractivity contribution is 0.0660. The molecule has 1 aliphatic heterocycles. The van der Waals surface area contributed by atoms with Gasteiger partial charge in [-0.05, 0) is 24.1 Å². The van der Waals surface area contributed by atoms with Crippen LogP contribution in [0.4, 0.5) is 4.79 Å². The second kappa shape index (κ2) is 6.94. The van der Waals surface area contributed by atoms with Crippen molar-refractivity contribution in [3.05, 3.63) is 35.3 Å². The van der Waals surface area contributed by atoms with Gasteiger partial charge in [-0.2, -0.15) is 0 Å². The molecule has 0 saturated heterocycles. The minimum atomic E-state index is -1.13. The molecule has 2 heterocycles. The second-order valence-corrected chi connectivity index (χ2v) is 4.72. The SMILES string of the molecule is COCC1=CCN(C(=O)NCc2ccc(C(=O)O)o2)CC1. The lowest BCUT2D eigenvalue weighted by Crippen LogP contribution is -2.42. The molecule has 7 heteroatoms. The summed E-state index contributed by atoms with van der Waals surface area (Å²) in [5, 5.41) is 11.4. The van der Waals surface area contributed by atoms with Gasteiger partial charge in [0, 0.05) is 20.2 Å². The highest BCUT2D eigenvalue weighted by Crippen LogP contribution is 2.11. The summed E-state index contributed by atoms with van der Waals surface area (Å²) in [6.45, 7) is 1.94. The predicted octanol–water partition coefficient (Wildman–Crippen LogP) is 1.47. The fourth-order valence-corrected chi connectivity index (χ4v) is 2.07. The Morgan fingerprint density at radius 1 is 1.48 bits per heavy atom. The van der Waals surface area contributed by atoms with Crippen molar-refractivity contribution in [2.24, 2.45) is 0 Å². The van der Waals surface area contributed by atoms with E-state index in [1.165, 1.54) is 17.7 Å². The molecule has 0 aromatic carbocycles. The van der Waals surface area contributed by atoms with Crippen molar-refractivity contribution in [2.45, 2.75) is 13.0 Å². The molecular weight excluding hydrogens is 276 g/mol. The van der Waals surface area contributed by atoms with E-state index < -0.39 is 5.97 Å². The molecule has 1 aliphatic rings. The molecule has 0 radical (unpaired) electrons. The molecule has 1 aromatic heterocycles. The Kier molecular flexibility index (Phi) is 4.99. The van der Waals surface area contributed by atoms with E-state index in [4.69, 9.17) is 14.3 Å². The van der Waals surface area contributed by atoms with Gasteiger partial charge < -0.3 is 24.5 Å². The Balaban J connectivity index is 1.81. The third-order valence-electron chi connectivity index (χ3n) is 3.21. The Hall–Kier alpha value is -2.28. The largest absolute Gasteiger partial charge is 0.475 e. The van der Waals surface area contributed by atoms with Gasteiger partial charge in [0.05, 0.1) is 13.2 Å². The zero-order valence-corrected chi connectivity index (χ0v) is 11.8. The molecule has 0 unspecified atom stereocenters. The lowest BCUT2D eigenvalue weighted by Gasteiger charge is -2.26. The van der Waals surface area contributed by atoms with Crippen LogP contribution in [0.1, 0.15) is 22.7 Å². The van der Waals surface area contributed by atoms with Gasteiger partial charge in [-0.3, -0.25) is 0 Å². The van der Waals surface area contributed by atoms with Crippen molar-refractivity contribution in [1.29, 1.82) is 0 Å². The standard InChI is InChI=1S/C14H18N2O5/c1-20-9-10-4-6-16(7-5-10)14(19)15-8-11-2-3-12(21-11)13(17)18/h2-4H,5-9H2,1H3,(H,15,19)(H,17,18). The fraction of sp³-hybridized carbons (Fsp3) is 0.429. The summed E-state index contributed by atoms with van der Waals surface area (Å²) in [6, 6.07) is 2.71. The quantitative estimate of drug-likeness (QED) is 0.802. The summed E-state index contributed by atoms with van der Waals surface area (Å²) in [5.41, 5.74) is 1.19. The van der Waals surface area contributed by atoms with Crippen molar-refractivity contribution in [2.75, 3.05) is 26.8 Å². The lowest BCUT2D eigenvalue weighted by atomic mass is 10.1. The summed E-state index contributed by atoms with van der Waals surface area (Å²) in [4.78, 5) is 24.3. The number of nitrogens with zero attached hydrogens (tertiary/aromatic N) is 1. The average Bonchev–Trinajstić information content (AvgIpc) is 2.95. The number of nitrogens with one attached hydrogen (secondary N) is 1. The van der Waals surface area contributed by atoms with Crippen LogP contribution >= 0.6 is 0 Å². The predicted molar refractivity (Wildman–Crippen MR) is 74.1 cm³/mol. The Morgan fingerprint density at radius 2 is 2.29 bits per heavy atom. The summed E-state index contributed by atoms with van der Waals surface area (Å²) in [6.07, 6.45) is 2.78. The molecule has 114 valence electrons. The summed E-state index contributed by atoms with van der Waals surface area (Å²) in [7, 11) is 1.65. The van der Waals surface area contributed by atoms with Gasteiger partial charge in [0.25, 0.3) is 0 Å². The molecule has 0 aliphatic carbocycles. The number of aromatic carboxylic acids is 1. The first-order chi connectivity index (χ1) is 10.1. The van der Waals surface area contributed by atoms with Gasteiger partial charge in [-0.25, -0.2) is 9.59 Å². The van der Waals surface area contributed by atoms with Crippen molar-refractivity contribution < 1.29 is 23.8 Å². The molecule has 2 N–H and O–H groups in total. The number of urea groups is 1. The van der Waals surface area contributed by atoms with Gasteiger partial charge in [-0.15, -0.1) is 0 Å². The normalized spacial score (nSPS) is 14.7. The van der Waals surface area contributed by atoms with Gasteiger partial charge in [0.2, 0.25) is 5.76 Å². The number of hydrogen-bond acceptors (Lipinski definition) is 4. The molecule has 2 rings (SSSR count). The Morgan fingerprint density at radius 3 is 2.86 bits per heavy atom. The minimum absolute atomic E-state index is 0.135. The number of hydrogen-bond donors (Lipinski definition) is 2. The maximum atomic E-state index is 12.0. The second-order valence-electron chi connectivity index (χ2n) is 4.72. The van der Waals surface area contributed by atoms with Crippen molar-refractivity contribution >= 4 is 12.0 Å². The third-order valence-corrected chi connectivity index (χ3v) is 3.21. The topological polar surface area (TPSA) is 92.0 Å². The van der Waals surface area contributed by atoms with Crippen LogP contribution in [-0.4, -0.2) is 48.8 Å². The molecule has 7 nitrogen and oxygen atoms in total. The number of carbonyl (C=O) groups is 2. The Bertz CT molecular complexity index is 549. The number of amides is 2. The van der Waals surface area contributed by atoms with Crippen molar-refractivity contribution in [1.82, 2.24) is 10.2 Å². The van der Waals surface area contributed by atoms with Gasteiger partial charge >= 0.3 is 12.0 Å². The number of methoxy groups -OCH3 is 1. The minimum Gasteiger partial charge on any atom is -0.475 e. The van der Waals surface area contributed by atoms with Crippen LogP contribution in [0.25, 0.3) is 0 Å². The molecular formula is C14H18N2O5. The van der Waals surface area contributed by atoms with Crippen LogP contribution in [-0.2, 0) is 11.3 Å². The van der Waals surface area contributed by atoms with Crippen LogP contribution in [0.3, 0.4) is 0 Å². The molecule has 0 saturated carbocycles. The molecule has 21 heavy (non-hydrogen) atoms. The van der Waals surface area contributed by atoms with E-state index in [-0.39, 0.29) is 18.3 Å². The van der Waals surface area contributed by atoms with E-state index in [2.05, 4.69) is 5.32 Å². The number of furan rings is 1. The number of ether oxygens (including phenoxy) is 1. The number of carboxylic acid groups (broad SMARTS) is 1. The third kappa shape index (κ3) is 4.09. The zero-order valence-electron chi connectivity index (χ0n) is 11.8. The van der Waals surface area contributed by atoms with E-state index in [1.807, 2.05) is 6.08 Å². The number of rotatable bonds is 5. The highest BCUT2D eigenvalue weighted by Gasteiger charge is 2.17. The summed E-state index contributed by atoms with van der Waals surface area (Å²) < 4.78 is 10.1.